The Labute approximate surface area is 177 Å². The molecule has 1 heterocycles. The Bertz CT molecular complexity index is 695. The number of rotatable bonds is 7. The van der Waals surface area contributed by atoms with E-state index >= 15 is 0 Å². The van der Waals surface area contributed by atoms with Crippen molar-refractivity contribution in [2.45, 2.75) is 25.4 Å². The molecular formula is C21H29Cl2N3O2. The van der Waals surface area contributed by atoms with Crippen molar-refractivity contribution in [3.63, 3.8) is 0 Å². The number of hydrogen-bond donors (Lipinski definition) is 2. The number of β-amino-alcohol motifs (C(OH)–C–C–N with tert-alkyl or cyclic N) is 1. The van der Waals surface area contributed by atoms with Gasteiger partial charge in [0.2, 0.25) is 0 Å². The van der Waals surface area contributed by atoms with Gasteiger partial charge in [-0.15, -0.1) is 0 Å². The number of nitrogens with one attached hydrogen (secondary N) is 1. The van der Waals surface area contributed by atoms with E-state index in [1.54, 1.807) is 0 Å². The maximum Gasteiger partial charge on any atom is 0.102 e. The lowest BCUT2D eigenvalue weighted by Gasteiger charge is -2.33. The van der Waals surface area contributed by atoms with Crippen LogP contribution in [0, 0.1) is 0 Å². The molecule has 0 bridgehead atoms. The first-order chi connectivity index (χ1) is 13.5. The molecule has 1 aromatic carbocycles. The highest BCUT2D eigenvalue weighted by Crippen LogP contribution is 2.31. The van der Waals surface area contributed by atoms with E-state index in [4.69, 9.17) is 28.0 Å². The second kappa shape index (κ2) is 10.6. The van der Waals surface area contributed by atoms with Crippen LogP contribution in [-0.2, 0) is 4.84 Å². The van der Waals surface area contributed by atoms with Crippen LogP contribution in [0.1, 0.15) is 24.8 Å². The van der Waals surface area contributed by atoms with E-state index < -0.39 is 6.10 Å². The summed E-state index contributed by atoms with van der Waals surface area (Å²) in [6, 6.07) is 5.52. The highest BCUT2D eigenvalue weighted by atomic mass is 35.5. The lowest BCUT2D eigenvalue weighted by Crippen LogP contribution is -2.47. The summed E-state index contributed by atoms with van der Waals surface area (Å²) in [6.07, 6.45) is 6.60. The summed E-state index contributed by atoms with van der Waals surface area (Å²) in [5.41, 5.74) is 5.88. The number of aliphatic hydroxyl groups excluding tert-OH is 1. The van der Waals surface area contributed by atoms with Gasteiger partial charge in [-0.2, -0.15) is 0 Å². The van der Waals surface area contributed by atoms with Crippen LogP contribution in [0.4, 0.5) is 0 Å². The maximum atomic E-state index is 10.3. The Kier molecular flexibility index (Phi) is 8.21. The van der Waals surface area contributed by atoms with Gasteiger partial charge in [0.25, 0.3) is 0 Å². The lowest BCUT2D eigenvalue weighted by molar-refractivity contribution is -0.0223. The smallest absolute Gasteiger partial charge is 0.102 e. The van der Waals surface area contributed by atoms with Crippen LogP contribution in [0.15, 0.2) is 35.5 Å². The van der Waals surface area contributed by atoms with E-state index in [1.165, 1.54) is 0 Å². The van der Waals surface area contributed by atoms with Crippen molar-refractivity contribution >= 4 is 29.3 Å². The molecule has 28 heavy (non-hydrogen) atoms. The largest absolute Gasteiger partial charge is 0.389 e. The lowest BCUT2D eigenvalue weighted by atomic mass is 9.96. The molecule has 5 nitrogen and oxygen atoms in total. The topological polar surface area (TPSA) is 48.0 Å². The van der Waals surface area contributed by atoms with Gasteiger partial charge in [-0.05, 0) is 50.1 Å². The molecule has 1 aromatic rings. The van der Waals surface area contributed by atoms with Gasteiger partial charge >= 0.3 is 0 Å². The monoisotopic (exact) mass is 425 g/mol. The molecule has 0 saturated carbocycles. The number of piperazine rings is 1. The summed E-state index contributed by atoms with van der Waals surface area (Å²) in [4.78, 5) is 10.2. The minimum atomic E-state index is -0.523. The van der Waals surface area contributed by atoms with Crippen molar-refractivity contribution in [3.8, 4) is 0 Å². The SMILES string of the molecule is CN1CCN(C[C@H](O)CONC2=CCCCC2=Cc2c(Cl)cccc2Cl)CC1. The Hall–Kier alpha value is -1.08. The number of halogens is 2. The molecule has 1 fully saturated rings. The quantitative estimate of drug-likeness (QED) is 0.653. The van der Waals surface area contributed by atoms with E-state index in [9.17, 15) is 5.11 Å². The Balaban J connectivity index is 1.52. The first-order valence-electron chi connectivity index (χ1n) is 9.85. The van der Waals surface area contributed by atoms with Gasteiger partial charge in [-0.3, -0.25) is 15.2 Å². The van der Waals surface area contributed by atoms with E-state index in [-0.39, 0.29) is 6.61 Å². The standard InChI is InChI=1S/C21H29Cl2N3O2/c1-25-9-11-26(12-10-25)14-17(27)15-28-24-21-8-3-2-5-16(21)13-18-19(22)6-4-7-20(18)23/h4,6-8,13,17,24,27H,2-3,5,9-12,14-15H2,1H3/t17-/m0/s1. The highest BCUT2D eigenvalue weighted by Gasteiger charge is 2.18. The number of hydrogen-bond acceptors (Lipinski definition) is 5. The molecule has 7 heteroatoms. The van der Waals surface area contributed by atoms with Gasteiger partial charge in [-0.25, -0.2) is 0 Å². The van der Waals surface area contributed by atoms with Crippen molar-refractivity contribution in [1.82, 2.24) is 15.3 Å². The summed E-state index contributed by atoms with van der Waals surface area (Å²) in [7, 11) is 2.12. The van der Waals surface area contributed by atoms with Crippen LogP contribution in [0.3, 0.4) is 0 Å². The van der Waals surface area contributed by atoms with Gasteiger partial charge in [0, 0.05) is 48.3 Å². The van der Waals surface area contributed by atoms with Crippen molar-refractivity contribution in [2.75, 3.05) is 46.4 Å². The molecule has 1 aliphatic carbocycles. The predicted molar refractivity (Wildman–Crippen MR) is 115 cm³/mol. The van der Waals surface area contributed by atoms with E-state index in [0.29, 0.717) is 16.6 Å². The number of benzene rings is 1. The zero-order valence-electron chi connectivity index (χ0n) is 16.3. The third kappa shape index (κ3) is 6.21. The Morgan fingerprint density at radius 3 is 2.64 bits per heavy atom. The molecule has 0 amide bonds. The molecule has 154 valence electrons. The summed E-state index contributed by atoms with van der Waals surface area (Å²) < 4.78 is 0. The predicted octanol–water partition coefficient (Wildman–Crippen LogP) is 3.57. The molecule has 3 rings (SSSR count). The van der Waals surface area contributed by atoms with Crippen molar-refractivity contribution in [2.24, 2.45) is 0 Å². The molecule has 0 spiro atoms. The van der Waals surface area contributed by atoms with Gasteiger partial charge in [0.15, 0.2) is 0 Å². The van der Waals surface area contributed by atoms with Crippen LogP contribution in [0.25, 0.3) is 6.08 Å². The van der Waals surface area contributed by atoms with Gasteiger partial charge in [0.05, 0.1) is 11.8 Å². The second-order valence-electron chi connectivity index (χ2n) is 7.49. The van der Waals surface area contributed by atoms with E-state index in [2.05, 4.69) is 28.4 Å². The minimum absolute atomic E-state index is 0.240. The molecule has 0 unspecified atom stereocenters. The molecule has 0 radical (unpaired) electrons. The average Bonchev–Trinajstić information content (AvgIpc) is 2.68. The first-order valence-corrected chi connectivity index (χ1v) is 10.6. The fourth-order valence-corrected chi connectivity index (χ4v) is 3.99. The third-order valence-electron chi connectivity index (χ3n) is 5.19. The molecule has 2 aliphatic rings. The van der Waals surface area contributed by atoms with Crippen LogP contribution in [0.5, 0.6) is 0 Å². The summed E-state index contributed by atoms with van der Waals surface area (Å²) >= 11 is 12.6. The number of likely N-dealkylation sites (N-methyl/N-ethyl adjacent to an activating group) is 1. The first kappa shape index (κ1) is 21.6. The number of allylic oxidation sites excluding steroid dienone is 2. The van der Waals surface area contributed by atoms with Gasteiger partial charge in [0.1, 0.15) is 6.61 Å². The number of hydroxylamine groups is 1. The molecule has 1 aliphatic heterocycles. The van der Waals surface area contributed by atoms with Gasteiger partial charge in [-0.1, -0.05) is 35.3 Å². The minimum Gasteiger partial charge on any atom is -0.389 e. The zero-order valence-corrected chi connectivity index (χ0v) is 17.8. The van der Waals surface area contributed by atoms with Gasteiger partial charge < -0.3 is 10.0 Å². The molecule has 1 atom stereocenters. The van der Waals surface area contributed by atoms with Crippen LogP contribution in [-0.4, -0.2) is 67.4 Å². The molecular weight excluding hydrogens is 397 g/mol. The van der Waals surface area contributed by atoms with Crippen molar-refractivity contribution < 1.29 is 9.94 Å². The molecule has 1 saturated heterocycles. The number of nitrogens with zero attached hydrogens (tertiary/aromatic N) is 2. The van der Waals surface area contributed by atoms with E-state index in [0.717, 1.165) is 62.3 Å². The summed E-state index contributed by atoms with van der Waals surface area (Å²) in [5, 5.41) is 11.5. The molecule has 2 N–H and O–H groups in total. The highest BCUT2D eigenvalue weighted by molar-refractivity contribution is 6.37. The van der Waals surface area contributed by atoms with Crippen LogP contribution >= 0.6 is 23.2 Å². The summed E-state index contributed by atoms with van der Waals surface area (Å²) in [5.74, 6) is 0. The Morgan fingerprint density at radius 2 is 1.93 bits per heavy atom. The molecule has 0 aromatic heterocycles. The zero-order chi connectivity index (χ0) is 19.9. The fraction of sp³-hybridized carbons (Fsp3) is 0.524. The van der Waals surface area contributed by atoms with Crippen LogP contribution < -0.4 is 5.48 Å². The van der Waals surface area contributed by atoms with Crippen molar-refractivity contribution in [3.05, 3.63) is 51.2 Å². The normalized spacial score (nSPS) is 21.6. The van der Waals surface area contributed by atoms with Crippen molar-refractivity contribution in [1.29, 1.82) is 0 Å². The average molecular weight is 426 g/mol. The Morgan fingerprint density at radius 1 is 1.21 bits per heavy atom. The van der Waals surface area contributed by atoms with E-state index in [1.807, 2.05) is 24.3 Å². The number of aliphatic hydroxyl groups is 1. The second-order valence-corrected chi connectivity index (χ2v) is 8.30. The third-order valence-corrected chi connectivity index (χ3v) is 5.84. The maximum absolute atomic E-state index is 10.3. The van der Waals surface area contributed by atoms with Crippen LogP contribution in [0.2, 0.25) is 10.0 Å². The fourth-order valence-electron chi connectivity index (χ4n) is 3.48. The summed E-state index contributed by atoms with van der Waals surface area (Å²) in [6.45, 7) is 4.92.